The van der Waals surface area contributed by atoms with Gasteiger partial charge in [-0.25, -0.2) is 4.68 Å². The Bertz CT molecular complexity index is 469. The smallest absolute Gasteiger partial charge is 0.244 e. The summed E-state index contributed by atoms with van der Waals surface area (Å²) in [5, 5.41) is 13.4. The highest BCUT2D eigenvalue weighted by Crippen LogP contribution is 2.07. The minimum Gasteiger partial charge on any atom is -0.352 e. The molecule has 1 aromatic heterocycles. The maximum absolute atomic E-state index is 12.1. The first-order valence-electron chi connectivity index (χ1n) is 7.19. The van der Waals surface area contributed by atoms with Crippen LogP contribution in [0.15, 0.2) is 6.20 Å². The molecule has 0 aliphatic carbocycles. The molecule has 2 amide bonds. The van der Waals surface area contributed by atoms with Crippen molar-refractivity contribution in [2.24, 2.45) is 5.73 Å². The van der Waals surface area contributed by atoms with Crippen molar-refractivity contribution in [1.29, 1.82) is 0 Å². The largest absolute Gasteiger partial charge is 0.352 e. The maximum Gasteiger partial charge on any atom is 0.244 e. The summed E-state index contributed by atoms with van der Waals surface area (Å²) in [7, 11) is 0. The van der Waals surface area contributed by atoms with Crippen LogP contribution in [0.5, 0.6) is 0 Å². The van der Waals surface area contributed by atoms with E-state index in [1.165, 1.54) is 4.68 Å². The van der Waals surface area contributed by atoms with Gasteiger partial charge in [0.25, 0.3) is 0 Å². The molecule has 0 saturated carbocycles. The van der Waals surface area contributed by atoms with Crippen molar-refractivity contribution < 1.29 is 9.59 Å². The average Bonchev–Trinajstić information content (AvgIpc) is 2.97. The quantitative estimate of drug-likeness (QED) is 0.610. The number of amides is 2. The SMILES string of the molecule is CCC(CC)NC(=O)C(C)n1cc(CNC(=O)CN)nn1. The van der Waals surface area contributed by atoms with Crippen LogP contribution in [-0.4, -0.2) is 39.4 Å². The number of nitrogens with one attached hydrogen (secondary N) is 2. The molecule has 118 valence electrons. The Morgan fingerprint density at radius 2 is 2.05 bits per heavy atom. The molecule has 0 radical (unpaired) electrons. The summed E-state index contributed by atoms with van der Waals surface area (Å²) in [5.41, 5.74) is 5.78. The molecule has 0 saturated heterocycles. The molecule has 0 spiro atoms. The Hall–Kier alpha value is -1.96. The van der Waals surface area contributed by atoms with Crippen molar-refractivity contribution in [3.8, 4) is 0 Å². The van der Waals surface area contributed by atoms with Gasteiger partial charge in [0, 0.05) is 6.04 Å². The number of nitrogens with zero attached hydrogens (tertiary/aromatic N) is 3. The summed E-state index contributed by atoms with van der Waals surface area (Å²) in [6.45, 7) is 6.01. The molecule has 1 rings (SSSR count). The molecule has 21 heavy (non-hydrogen) atoms. The van der Waals surface area contributed by atoms with Crippen molar-refractivity contribution in [3.05, 3.63) is 11.9 Å². The Morgan fingerprint density at radius 3 is 2.62 bits per heavy atom. The molecule has 1 unspecified atom stereocenters. The van der Waals surface area contributed by atoms with Gasteiger partial charge in [-0.3, -0.25) is 9.59 Å². The third kappa shape index (κ3) is 5.14. The van der Waals surface area contributed by atoms with Crippen LogP contribution in [0, 0.1) is 0 Å². The van der Waals surface area contributed by atoms with E-state index in [0.717, 1.165) is 12.8 Å². The van der Waals surface area contributed by atoms with Crippen LogP contribution in [0.3, 0.4) is 0 Å². The van der Waals surface area contributed by atoms with Crippen LogP contribution in [0.4, 0.5) is 0 Å². The van der Waals surface area contributed by atoms with E-state index >= 15 is 0 Å². The summed E-state index contributed by atoms with van der Waals surface area (Å²) >= 11 is 0. The Kier molecular flexibility index (Phi) is 6.80. The highest BCUT2D eigenvalue weighted by molar-refractivity contribution is 5.80. The Morgan fingerprint density at radius 1 is 1.38 bits per heavy atom. The second-order valence-corrected chi connectivity index (χ2v) is 4.87. The van der Waals surface area contributed by atoms with Crippen molar-refractivity contribution in [2.75, 3.05) is 6.54 Å². The first-order valence-corrected chi connectivity index (χ1v) is 7.19. The van der Waals surface area contributed by atoms with E-state index in [0.29, 0.717) is 5.69 Å². The molecular weight excluding hydrogens is 272 g/mol. The lowest BCUT2D eigenvalue weighted by atomic mass is 10.1. The predicted octanol–water partition coefficient (Wildman–Crippen LogP) is -0.281. The van der Waals surface area contributed by atoms with Crippen LogP contribution < -0.4 is 16.4 Å². The minimum atomic E-state index is -0.447. The lowest BCUT2D eigenvalue weighted by molar-refractivity contribution is -0.125. The van der Waals surface area contributed by atoms with Crippen molar-refractivity contribution in [3.63, 3.8) is 0 Å². The first kappa shape index (κ1) is 17.1. The van der Waals surface area contributed by atoms with Crippen LogP contribution in [0.1, 0.15) is 45.3 Å². The predicted molar refractivity (Wildman–Crippen MR) is 78.1 cm³/mol. The lowest BCUT2D eigenvalue weighted by Crippen LogP contribution is -2.38. The van der Waals surface area contributed by atoms with Gasteiger partial charge in [-0.2, -0.15) is 0 Å². The summed E-state index contributed by atoms with van der Waals surface area (Å²) < 4.78 is 1.49. The van der Waals surface area contributed by atoms with Gasteiger partial charge in [0.2, 0.25) is 11.8 Å². The zero-order valence-corrected chi connectivity index (χ0v) is 12.8. The third-order valence-electron chi connectivity index (χ3n) is 3.32. The fraction of sp³-hybridized carbons (Fsp3) is 0.692. The Labute approximate surface area is 124 Å². The molecule has 1 heterocycles. The van der Waals surface area contributed by atoms with E-state index in [9.17, 15) is 9.59 Å². The second-order valence-electron chi connectivity index (χ2n) is 4.87. The molecule has 1 aromatic rings. The second kappa shape index (κ2) is 8.35. The van der Waals surface area contributed by atoms with Gasteiger partial charge in [-0.05, 0) is 19.8 Å². The van der Waals surface area contributed by atoms with E-state index in [2.05, 4.69) is 20.9 Å². The normalized spacial score (nSPS) is 12.2. The number of hydrogen-bond acceptors (Lipinski definition) is 5. The van der Waals surface area contributed by atoms with Gasteiger partial charge < -0.3 is 16.4 Å². The Balaban J connectivity index is 2.58. The highest BCUT2D eigenvalue weighted by atomic mass is 16.2. The van der Waals surface area contributed by atoms with Gasteiger partial charge in [-0.1, -0.05) is 19.1 Å². The van der Waals surface area contributed by atoms with Gasteiger partial charge in [0.1, 0.15) is 11.7 Å². The molecule has 0 aliphatic heterocycles. The fourth-order valence-electron chi connectivity index (χ4n) is 1.78. The molecule has 8 nitrogen and oxygen atoms in total. The minimum absolute atomic E-state index is 0.0671. The van der Waals surface area contributed by atoms with Crippen LogP contribution in [-0.2, 0) is 16.1 Å². The van der Waals surface area contributed by atoms with Gasteiger partial charge >= 0.3 is 0 Å². The number of hydrogen-bond donors (Lipinski definition) is 3. The molecule has 1 atom stereocenters. The van der Waals surface area contributed by atoms with Gasteiger partial charge in [-0.15, -0.1) is 5.10 Å². The molecule has 8 heteroatoms. The number of carbonyl (C=O) groups is 2. The molecule has 4 N–H and O–H groups in total. The topological polar surface area (TPSA) is 115 Å². The van der Waals surface area contributed by atoms with E-state index in [1.807, 2.05) is 13.8 Å². The zero-order chi connectivity index (χ0) is 15.8. The monoisotopic (exact) mass is 296 g/mol. The summed E-state index contributed by atoms with van der Waals surface area (Å²) in [5.74, 6) is -0.352. The number of aromatic nitrogens is 3. The fourth-order valence-corrected chi connectivity index (χ4v) is 1.78. The van der Waals surface area contributed by atoms with E-state index in [4.69, 9.17) is 5.73 Å². The maximum atomic E-state index is 12.1. The number of rotatable bonds is 8. The van der Waals surface area contributed by atoms with Crippen LogP contribution >= 0.6 is 0 Å². The summed E-state index contributed by atoms with van der Waals surface area (Å²) in [6, 6.07) is -0.274. The van der Waals surface area contributed by atoms with E-state index in [-0.39, 0.29) is 30.9 Å². The van der Waals surface area contributed by atoms with Crippen LogP contribution in [0.2, 0.25) is 0 Å². The van der Waals surface area contributed by atoms with Crippen molar-refractivity contribution in [1.82, 2.24) is 25.6 Å². The highest BCUT2D eigenvalue weighted by Gasteiger charge is 2.18. The average molecular weight is 296 g/mol. The molecule has 0 aliphatic rings. The van der Waals surface area contributed by atoms with Crippen molar-refractivity contribution >= 4 is 11.8 Å². The summed E-state index contributed by atoms with van der Waals surface area (Å²) in [6.07, 6.45) is 3.43. The molecule has 0 aromatic carbocycles. The van der Waals surface area contributed by atoms with Crippen molar-refractivity contribution in [2.45, 2.75) is 52.2 Å². The molecular formula is C13H24N6O2. The molecule has 0 bridgehead atoms. The van der Waals surface area contributed by atoms with Crippen LogP contribution in [0.25, 0.3) is 0 Å². The zero-order valence-electron chi connectivity index (χ0n) is 12.8. The molecule has 0 fully saturated rings. The summed E-state index contributed by atoms with van der Waals surface area (Å²) in [4.78, 5) is 23.2. The van der Waals surface area contributed by atoms with E-state index in [1.54, 1.807) is 13.1 Å². The number of nitrogens with two attached hydrogens (primary N) is 1. The van der Waals surface area contributed by atoms with E-state index < -0.39 is 6.04 Å². The first-order chi connectivity index (χ1) is 10.0. The standard InChI is InChI=1S/C13H24N6O2/c1-4-10(5-2)16-13(21)9(3)19-8-11(17-18-19)7-15-12(20)6-14/h8-10H,4-7,14H2,1-3H3,(H,15,20)(H,16,21). The van der Waals surface area contributed by atoms with Gasteiger partial charge in [0.15, 0.2) is 0 Å². The number of carbonyl (C=O) groups excluding carboxylic acids is 2. The van der Waals surface area contributed by atoms with Gasteiger partial charge in [0.05, 0.1) is 19.3 Å². The lowest BCUT2D eigenvalue weighted by Gasteiger charge is -2.18. The third-order valence-corrected chi connectivity index (χ3v) is 3.32.